The molecular weight excluding hydrogens is 248 g/mol. The molecule has 1 aromatic rings. The maximum absolute atomic E-state index is 5.85. The fourth-order valence-corrected chi connectivity index (χ4v) is 2.79. The zero-order valence-corrected chi connectivity index (χ0v) is 13.5. The van der Waals surface area contributed by atoms with Crippen LogP contribution in [0.2, 0.25) is 0 Å². The summed E-state index contributed by atoms with van der Waals surface area (Å²) < 4.78 is 5.85. The smallest absolute Gasteiger partial charge is 0.118 e. The van der Waals surface area contributed by atoms with Gasteiger partial charge in [-0.25, -0.2) is 0 Å². The summed E-state index contributed by atoms with van der Waals surface area (Å²) in [6, 6.07) is 2.22. The zero-order chi connectivity index (χ0) is 14.5. The average Bonchev–Trinajstić information content (AvgIpc) is 2.64. The summed E-state index contributed by atoms with van der Waals surface area (Å²) in [6.07, 6.45) is 4.26. The van der Waals surface area contributed by atoms with Crippen LogP contribution in [0.4, 0.5) is 0 Å². The van der Waals surface area contributed by atoms with Crippen LogP contribution in [0.1, 0.15) is 50.2 Å². The molecule has 1 aliphatic rings. The summed E-state index contributed by atoms with van der Waals surface area (Å²) in [6.45, 7) is 10.6. The lowest BCUT2D eigenvalue weighted by Crippen LogP contribution is -2.29. The van der Waals surface area contributed by atoms with Crippen molar-refractivity contribution in [1.29, 1.82) is 0 Å². The van der Waals surface area contributed by atoms with Crippen molar-refractivity contribution in [2.45, 2.75) is 53.1 Å². The van der Waals surface area contributed by atoms with E-state index in [2.05, 4.69) is 44.1 Å². The molecule has 1 N–H and O–H groups in total. The van der Waals surface area contributed by atoms with Crippen LogP contribution in [0, 0.1) is 18.8 Å². The predicted molar refractivity (Wildman–Crippen MR) is 83.7 cm³/mol. The monoisotopic (exact) mass is 278 g/mol. The van der Waals surface area contributed by atoms with E-state index in [9.17, 15) is 0 Å². The topological polar surface area (TPSA) is 28.4 Å². The summed E-state index contributed by atoms with van der Waals surface area (Å²) in [5, 5.41) is 3.44. The quantitative estimate of drug-likeness (QED) is 0.788. The van der Waals surface area contributed by atoms with Crippen molar-refractivity contribution >= 4 is 0 Å². The van der Waals surface area contributed by atoms with Crippen LogP contribution in [-0.2, 0) is 13.1 Å². The van der Waals surface area contributed by atoms with E-state index in [1.165, 1.54) is 31.4 Å². The van der Waals surface area contributed by atoms with E-state index >= 15 is 0 Å². The van der Waals surface area contributed by atoms with E-state index in [0.717, 1.165) is 37.1 Å². The first kappa shape index (κ1) is 15.6. The molecule has 0 amide bonds. The van der Waals surface area contributed by atoms with Gasteiger partial charge in [-0.15, -0.1) is 0 Å². The molecule has 1 aliphatic carbocycles. The van der Waals surface area contributed by atoms with Crippen molar-refractivity contribution in [2.75, 3.05) is 20.1 Å². The van der Waals surface area contributed by atoms with Gasteiger partial charge >= 0.3 is 0 Å². The van der Waals surface area contributed by atoms with Crippen LogP contribution in [-0.4, -0.2) is 25.0 Å². The summed E-state index contributed by atoms with van der Waals surface area (Å²) in [5.74, 6) is 3.75. The Balaban J connectivity index is 1.80. The Morgan fingerprint density at radius 3 is 2.75 bits per heavy atom. The summed E-state index contributed by atoms with van der Waals surface area (Å²) >= 11 is 0. The molecule has 2 rings (SSSR count). The van der Waals surface area contributed by atoms with E-state index in [0.29, 0.717) is 5.92 Å². The first-order chi connectivity index (χ1) is 9.54. The number of nitrogens with one attached hydrogen (secondary N) is 1. The van der Waals surface area contributed by atoms with Crippen molar-refractivity contribution in [3.05, 3.63) is 23.2 Å². The van der Waals surface area contributed by atoms with Crippen LogP contribution in [0.25, 0.3) is 0 Å². The Morgan fingerprint density at radius 2 is 2.15 bits per heavy atom. The van der Waals surface area contributed by atoms with Gasteiger partial charge in [0, 0.05) is 18.7 Å². The molecule has 3 nitrogen and oxygen atoms in total. The number of rotatable bonds is 8. The number of furan rings is 1. The molecule has 0 radical (unpaired) electrons. The third-order valence-electron chi connectivity index (χ3n) is 4.16. The molecule has 3 heteroatoms. The van der Waals surface area contributed by atoms with Gasteiger partial charge in [0.05, 0.1) is 6.54 Å². The van der Waals surface area contributed by atoms with Gasteiger partial charge < -0.3 is 14.6 Å². The molecule has 0 unspecified atom stereocenters. The Morgan fingerprint density at radius 1 is 1.40 bits per heavy atom. The SMILES string of the molecule is Cc1oc(CNCC(C)C)cc1CN(C)CC1CCC1. The summed E-state index contributed by atoms with van der Waals surface area (Å²) in [5.41, 5.74) is 1.34. The number of hydrogen-bond donors (Lipinski definition) is 1. The normalized spacial score (nSPS) is 16.1. The molecule has 0 bridgehead atoms. The molecule has 20 heavy (non-hydrogen) atoms. The Hall–Kier alpha value is -0.800. The minimum Gasteiger partial charge on any atom is -0.465 e. The lowest BCUT2D eigenvalue weighted by Gasteiger charge is -2.30. The number of aryl methyl sites for hydroxylation is 1. The first-order valence-corrected chi connectivity index (χ1v) is 8.02. The highest BCUT2D eigenvalue weighted by molar-refractivity contribution is 5.20. The largest absolute Gasteiger partial charge is 0.465 e. The van der Waals surface area contributed by atoms with Gasteiger partial charge in [-0.3, -0.25) is 0 Å². The molecule has 1 heterocycles. The van der Waals surface area contributed by atoms with Crippen LogP contribution in [0.3, 0.4) is 0 Å². The molecule has 1 fully saturated rings. The van der Waals surface area contributed by atoms with E-state index in [4.69, 9.17) is 4.42 Å². The maximum atomic E-state index is 5.85. The van der Waals surface area contributed by atoms with Crippen LogP contribution in [0.15, 0.2) is 10.5 Å². The third kappa shape index (κ3) is 4.64. The van der Waals surface area contributed by atoms with Gasteiger partial charge in [-0.1, -0.05) is 20.3 Å². The fraction of sp³-hybridized carbons (Fsp3) is 0.765. The van der Waals surface area contributed by atoms with Crippen LogP contribution in [0.5, 0.6) is 0 Å². The molecule has 1 saturated carbocycles. The fourth-order valence-electron chi connectivity index (χ4n) is 2.79. The van der Waals surface area contributed by atoms with Crippen molar-refractivity contribution in [1.82, 2.24) is 10.2 Å². The summed E-state index contributed by atoms with van der Waals surface area (Å²) in [7, 11) is 2.22. The Bertz CT molecular complexity index is 407. The third-order valence-corrected chi connectivity index (χ3v) is 4.16. The minimum absolute atomic E-state index is 0.680. The van der Waals surface area contributed by atoms with Gasteiger partial charge in [0.2, 0.25) is 0 Å². The van der Waals surface area contributed by atoms with Crippen LogP contribution >= 0.6 is 0 Å². The van der Waals surface area contributed by atoms with Gasteiger partial charge in [-0.05, 0) is 51.3 Å². The van der Waals surface area contributed by atoms with Crippen molar-refractivity contribution < 1.29 is 4.42 Å². The maximum Gasteiger partial charge on any atom is 0.118 e. The second-order valence-corrected chi connectivity index (χ2v) is 6.81. The Labute approximate surface area is 123 Å². The van der Waals surface area contributed by atoms with Gasteiger partial charge in [-0.2, -0.15) is 0 Å². The minimum atomic E-state index is 0.680. The molecule has 0 spiro atoms. The lowest BCUT2D eigenvalue weighted by atomic mass is 9.85. The van der Waals surface area contributed by atoms with Gasteiger partial charge in [0.15, 0.2) is 0 Å². The average molecular weight is 278 g/mol. The Kier molecular flexibility index (Phi) is 5.67. The van der Waals surface area contributed by atoms with E-state index in [1.54, 1.807) is 0 Å². The molecule has 1 aromatic heterocycles. The van der Waals surface area contributed by atoms with Gasteiger partial charge in [0.1, 0.15) is 11.5 Å². The number of hydrogen-bond acceptors (Lipinski definition) is 3. The van der Waals surface area contributed by atoms with Gasteiger partial charge in [0.25, 0.3) is 0 Å². The van der Waals surface area contributed by atoms with E-state index in [1.807, 2.05) is 0 Å². The van der Waals surface area contributed by atoms with E-state index < -0.39 is 0 Å². The highest BCUT2D eigenvalue weighted by atomic mass is 16.3. The first-order valence-electron chi connectivity index (χ1n) is 8.02. The highest BCUT2D eigenvalue weighted by Gasteiger charge is 2.19. The summed E-state index contributed by atoms with van der Waals surface area (Å²) in [4.78, 5) is 2.44. The lowest BCUT2D eigenvalue weighted by molar-refractivity contribution is 0.200. The molecule has 0 aliphatic heterocycles. The zero-order valence-electron chi connectivity index (χ0n) is 13.5. The van der Waals surface area contributed by atoms with Crippen molar-refractivity contribution in [3.8, 4) is 0 Å². The molecule has 0 saturated heterocycles. The molecular formula is C17H30N2O. The molecule has 0 atom stereocenters. The second kappa shape index (κ2) is 7.28. The predicted octanol–water partition coefficient (Wildman–Crippen LogP) is 3.57. The highest BCUT2D eigenvalue weighted by Crippen LogP contribution is 2.27. The molecule has 0 aromatic carbocycles. The van der Waals surface area contributed by atoms with Crippen molar-refractivity contribution in [3.63, 3.8) is 0 Å². The van der Waals surface area contributed by atoms with E-state index in [-0.39, 0.29) is 0 Å². The van der Waals surface area contributed by atoms with Crippen molar-refractivity contribution in [2.24, 2.45) is 11.8 Å². The number of nitrogens with zero attached hydrogens (tertiary/aromatic N) is 1. The van der Waals surface area contributed by atoms with Crippen LogP contribution < -0.4 is 5.32 Å². The second-order valence-electron chi connectivity index (χ2n) is 6.81. The molecule has 114 valence electrons. The standard InChI is InChI=1S/C17H30N2O/c1-13(2)9-18-10-17-8-16(14(3)20-17)12-19(4)11-15-6-5-7-15/h8,13,15,18H,5-7,9-12H2,1-4H3.